The van der Waals surface area contributed by atoms with E-state index in [1.807, 2.05) is 0 Å². The van der Waals surface area contributed by atoms with Crippen molar-refractivity contribution >= 4 is 16.3 Å². The van der Waals surface area contributed by atoms with Crippen LogP contribution in [0.1, 0.15) is 10.6 Å². The topological polar surface area (TPSA) is 81.1 Å². The lowest BCUT2D eigenvalue weighted by Crippen LogP contribution is -2.23. The highest BCUT2D eigenvalue weighted by atomic mass is 32.2. The smallest absolute Gasteiger partial charge is 0.213 e. The Kier molecular flexibility index (Phi) is 3.37. The summed E-state index contributed by atoms with van der Waals surface area (Å²) in [4.78, 5) is 14.1. The van der Waals surface area contributed by atoms with Crippen molar-refractivity contribution in [1.29, 1.82) is 0 Å². The third-order valence-corrected chi connectivity index (χ3v) is 2.71. The molecule has 0 atom stereocenters. The minimum atomic E-state index is -3.46. The van der Waals surface area contributed by atoms with Crippen LogP contribution in [0.4, 0.5) is 0 Å². The average molecular weight is 215 g/mol. The summed E-state index contributed by atoms with van der Waals surface area (Å²) in [6.45, 7) is 0.139. The molecule has 0 fully saturated rings. The number of nitrogens with zero attached hydrogens (tertiary/aromatic N) is 2. The number of imidazole rings is 1. The second-order valence-electron chi connectivity index (χ2n) is 2.53. The van der Waals surface area contributed by atoms with Gasteiger partial charge in [0.05, 0.1) is 12.8 Å². The number of nitrogens with one attached hydrogen (secondary N) is 1. The maximum atomic E-state index is 10.9. The number of aryl methyl sites for hydroxylation is 1. The van der Waals surface area contributed by atoms with Crippen LogP contribution in [0.5, 0.6) is 0 Å². The van der Waals surface area contributed by atoms with E-state index in [2.05, 4.69) is 4.98 Å². The molecule has 0 unspecified atom stereocenters. The fourth-order valence-electron chi connectivity index (χ4n) is 0.905. The summed E-state index contributed by atoms with van der Waals surface area (Å²) in [5, 5.41) is 0. The molecule has 1 aromatic heterocycles. The molecule has 6 nitrogen and oxygen atoms in total. The number of carbonyl (C=O) groups is 1. The molecule has 0 amide bonds. The summed E-state index contributed by atoms with van der Waals surface area (Å²) in [5.41, 5.74) is 0. The van der Waals surface area contributed by atoms with Crippen LogP contribution in [-0.4, -0.2) is 30.0 Å². The van der Waals surface area contributed by atoms with E-state index in [9.17, 15) is 13.2 Å². The van der Waals surface area contributed by atoms with Gasteiger partial charge in [-0.05, 0) is 0 Å². The largest absolute Gasteiger partial charge is 0.328 e. The van der Waals surface area contributed by atoms with Gasteiger partial charge in [-0.1, -0.05) is 0 Å². The number of carbonyl (C=O) groups excluding carboxylic acids is 1. The summed E-state index contributed by atoms with van der Waals surface area (Å²) in [6, 6.07) is 0. The molecule has 1 aromatic rings. The van der Waals surface area contributed by atoms with Crippen LogP contribution in [0.15, 0.2) is 12.4 Å². The van der Waals surface area contributed by atoms with Gasteiger partial charge in [0.2, 0.25) is 10.0 Å². The normalized spacial score (nSPS) is 11.5. The Balaban J connectivity index is 2.67. The van der Waals surface area contributed by atoms with Gasteiger partial charge in [-0.25, -0.2) is 18.1 Å². The summed E-state index contributed by atoms with van der Waals surface area (Å²) in [5.74, 6) is -0.00188. The quantitative estimate of drug-likeness (QED) is 0.519. The van der Waals surface area contributed by atoms with E-state index in [1.165, 1.54) is 17.0 Å². The van der Waals surface area contributed by atoms with Crippen molar-refractivity contribution in [2.45, 2.75) is 6.54 Å². The lowest BCUT2D eigenvalue weighted by atomic mass is 10.6. The van der Waals surface area contributed by atoms with Crippen LogP contribution < -0.4 is 4.72 Å². The zero-order chi connectivity index (χ0) is 10.6. The van der Waals surface area contributed by atoms with E-state index in [0.717, 1.165) is 0 Å². The Morgan fingerprint density at radius 3 is 2.93 bits per heavy atom. The van der Waals surface area contributed by atoms with Gasteiger partial charge in [-0.2, -0.15) is 0 Å². The van der Waals surface area contributed by atoms with Crippen molar-refractivity contribution in [3.8, 4) is 0 Å². The van der Waals surface area contributed by atoms with E-state index in [0.29, 0.717) is 6.29 Å². The summed E-state index contributed by atoms with van der Waals surface area (Å²) < 4.78 is 25.0. The minimum Gasteiger partial charge on any atom is -0.328 e. The van der Waals surface area contributed by atoms with E-state index >= 15 is 0 Å². The van der Waals surface area contributed by atoms with Gasteiger partial charge >= 0.3 is 0 Å². The van der Waals surface area contributed by atoms with E-state index < -0.39 is 10.0 Å². The standard InChI is InChI=1S/C7H9N3O3S/c1-8-14(12,13)5-4-10-3-2-9-7(10)6-11/h1-3,6,8H,4-5H2. The molecule has 0 bridgehead atoms. The fraction of sp³-hybridized carbons (Fsp3) is 0.286. The highest BCUT2D eigenvalue weighted by Gasteiger charge is 2.08. The number of hydrogen-bond acceptors (Lipinski definition) is 4. The van der Waals surface area contributed by atoms with E-state index in [-0.39, 0.29) is 18.1 Å². The molecule has 0 spiro atoms. The van der Waals surface area contributed by atoms with Crippen LogP contribution in [0.2, 0.25) is 0 Å². The third kappa shape index (κ3) is 2.64. The van der Waals surface area contributed by atoms with Crippen molar-refractivity contribution in [2.24, 2.45) is 0 Å². The van der Waals surface area contributed by atoms with Gasteiger partial charge in [-0.15, -0.1) is 0 Å². The first kappa shape index (κ1) is 10.9. The Bertz CT molecular complexity index is 410. The van der Waals surface area contributed by atoms with Crippen molar-refractivity contribution in [2.75, 3.05) is 5.75 Å². The molecule has 76 valence electrons. The first-order valence-electron chi connectivity index (χ1n) is 3.75. The Morgan fingerprint density at radius 2 is 2.36 bits per heavy atom. The molecular formula is C7H9N3O3S. The molecule has 0 saturated carbocycles. The monoisotopic (exact) mass is 215 g/mol. The van der Waals surface area contributed by atoms with Gasteiger partial charge in [0.1, 0.15) is 0 Å². The van der Waals surface area contributed by atoms with E-state index in [4.69, 9.17) is 7.05 Å². The first-order chi connectivity index (χ1) is 6.59. The molecule has 1 N–H and O–H groups in total. The van der Waals surface area contributed by atoms with Crippen LogP contribution >= 0.6 is 0 Å². The number of rotatable bonds is 5. The molecule has 0 aliphatic carbocycles. The number of aldehydes is 1. The predicted molar refractivity (Wildman–Crippen MR) is 48.8 cm³/mol. The van der Waals surface area contributed by atoms with Crippen molar-refractivity contribution in [3.05, 3.63) is 25.3 Å². The number of hydrogen-bond donors (Lipinski definition) is 1. The van der Waals surface area contributed by atoms with Crippen LogP contribution in [-0.2, 0) is 16.6 Å². The zero-order valence-corrected chi connectivity index (χ0v) is 8.07. The SMILES string of the molecule is [CH]NS(=O)(=O)CCn1ccnc1C=O. The Morgan fingerprint density at radius 1 is 1.64 bits per heavy atom. The second-order valence-corrected chi connectivity index (χ2v) is 4.41. The Hall–Kier alpha value is -1.21. The molecule has 0 aromatic carbocycles. The first-order valence-corrected chi connectivity index (χ1v) is 5.40. The minimum absolute atomic E-state index is 0.139. The highest BCUT2D eigenvalue weighted by molar-refractivity contribution is 7.89. The van der Waals surface area contributed by atoms with Crippen molar-refractivity contribution < 1.29 is 13.2 Å². The molecular weight excluding hydrogens is 206 g/mol. The third-order valence-electron chi connectivity index (χ3n) is 1.63. The van der Waals surface area contributed by atoms with Crippen LogP contribution in [0.25, 0.3) is 0 Å². The van der Waals surface area contributed by atoms with Crippen LogP contribution in [0.3, 0.4) is 0 Å². The van der Waals surface area contributed by atoms with Gasteiger partial charge in [0.15, 0.2) is 12.1 Å². The average Bonchev–Trinajstić information content (AvgIpc) is 2.62. The lowest BCUT2D eigenvalue weighted by Gasteiger charge is -2.03. The maximum absolute atomic E-state index is 10.9. The van der Waals surface area contributed by atoms with Gasteiger partial charge in [0, 0.05) is 18.9 Å². The van der Waals surface area contributed by atoms with Gasteiger partial charge in [0.25, 0.3) is 0 Å². The molecule has 1 rings (SSSR count). The molecule has 2 radical (unpaired) electrons. The summed E-state index contributed by atoms with van der Waals surface area (Å²) in [6.07, 6.45) is 3.50. The zero-order valence-electron chi connectivity index (χ0n) is 7.25. The van der Waals surface area contributed by atoms with Crippen molar-refractivity contribution in [1.82, 2.24) is 14.3 Å². The molecule has 14 heavy (non-hydrogen) atoms. The molecule has 1 heterocycles. The van der Waals surface area contributed by atoms with Crippen LogP contribution in [0, 0.1) is 7.05 Å². The van der Waals surface area contributed by atoms with Gasteiger partial charge in [-0.3, -0.25) is 4.79 Å². The highest BCUT2D eigenvalue weighted by Crippen LogP contribution is 1.95. The lowest BCUT2D eigenvalue weighted by molar-refractivity contribution is 0.111. The number of aromatic nitrogens is 2. The second kappa shape index (κ2) is 4.34. The fourth-order valence-corrected chi connectivity index (χ4v) is 1.46. The van der Waals surface area contributed by atoms with Gasteiger partial charge < -0.3 is 4.57 Å². The maximum Gasteiger partial charge on any atom is 0.213 e. The molecule has 0 aliphatic rings. The summed E-state index contributed by atoms with van der Waals surface area (Å²) >= 11 is 0. The molecule has 0 saturated heterocycles. The van der Waals surface area contributed by atoms with E-state index in [1.54, 1.807) is 4.72 Å². The molecule has 0 aliphatic heterocycles. The summed E-state index contributed by atoms with van der Waals surface area (Å²) in [7, 11) is 1.33. The van der Waals surface area contributed by atoms with Crippen molar-refractivity contribution in [3.63, 3.8) is 0 Å². The molecule has 7 heteroatoms. The predicted octanol–water partition coefficient (Wildman–Crippen LogP) is -0.716. The number of sulfonamides is 1. The Labute approximate surface area is 82.0 Å².